The maximum Gasteiger partial charge on any atom is 0.270 e. The molecule has 0 aliphatic carbocycles. The molecule has 0 aromatic heterocycles. The van der Waals surface area contributed by atoms with Crippen molar-refractivity contribution in [3.8, 4) is 0 Å². The molecular weight excluding hydrogens is 401 g/mol. The van der Waals surface area contributed by atoms with Gasteiger partial charge in [-0.15, -0.1) is 0 Å². The summed E-state index contributed by atoms with van der Waals surface area (Å²) in [5.74, 6) is -0.636. The summed E-state index contributed by atoms with van der Waals surface area (Å²) in [5.41, 5.74) is 1.43. The van der Waals surface area contributed by atoms with Crippen LogP contribution in [-0.4, -0.2) is 10.2 Å². The molecule has 1 heterocycles. The Bertz CT molecular complexity index is 1290. The van der Waals surface area contributed by atoms with Crippen molar-refractivity contribution < 1.29 is 9.18 Å². The zero-order valence-electron chi connectivity index (χ0n) is 15.1. The van der Waals surface area contributed by atoms with E-state index in [0.29, 0.717) is 14.9 Å². The second-order valence-electron chi connectivity index (χ2n) is 6.73. The molecule has 0 bridgehead atoms. The third-order valence-corrected chi connectivity index (χ3v) is 6.25. The summed E-state index contributed by atoms with van der Waals surface area (Å²) in [7, 11) is 0. The quantitative estimate of drug-likeness (QED) is 0.211. The van der Waals surface area contributed by atoms with E-state index in [1.807, 2.05) is 30.3 Å². The zero-order chi connectivity index (χ0) is 20.0. The second kappa shape index (κ2) is 7.10. The minimum Gasteiger partial charge on any atom is -0.268 e. The first-order valence-corrected chi connectivity index (χ1v) is 10.3. The fourth-order valence-electron chi connectivity index (χ4n) is 3.64. The first-order chi connectivity index (χ1) is 14.1. The van der Waals surface area contributed by atoms with E-state index < -0.39 is 5.82 Å². The van der Waals surface area contributed by atoms with Crippen LogP contribution < -0.4 is 4.90 Å². The number of fused-ring (bicyclic) bond motifs is 2. The highest BCUT2D eigenvalue weighted by molar-refractivity contribution is 8.27. The summed E-state index contributed by atoms with van der Waals surface area (Å²) in [6, 6.07) is 24.3. The molecule has 0 radical (unpaired) electrons. The van der Waals surface area contributed by atoms with Crippen LogP contribution in [0.3, 0.4) is 0 Å². The molecule has 29 heavy (non-hydrogen) atoms. The lowest BCUT2D eigenvalue weighted by Gasteiger charge is -2.14. The van der Waals surface area contributed by atoms with Crippen LogP contribution in [0.4, 0.5) is 10.1 Å². The molecule has 5 heteroatoms. The number of thiocarbonyl (C=S) groups is 1. The number of thioether (sulfide) groups is 1. The number of benzene rings is 4. The van der Waals surface area contributed by atoms with Gasteiger partial charge in [0.05, 0.1) is 10.6 Å². The smallest absolute Gasteiger partial charge is 0.268 e. The van der Waals surface area contributed by atoms with Crippen molar-refractivity contribution in [1.82, 2.24) is 0 Å². The van der Waals surface area contributed by atoms with E-state index in [0.717, 1.165) is 27.1 Å². The Hall–Kier alpha value is -3.02. The largest absolute Gasteiger partial charge is 0.270 e. The summed E-state index contributed by atoms with van der Waals surface area (Å²) in [5, 5.41) is 4.36. The van der Waals surface area contributed by atoms with E-state index in [1.165, 1.54) is 28.8 Å². The second-order valence-corrected chi connectivity index (χ2v) is 8.41. The first kappa shape index (κ1) is 18.0. The number of anilines is 1. The number of halogens is 1. The molecule has 4 aromatic rings. The van der Waals surface area contributed by atoms with Gasteiger partial charge in [0.15, 0.2) is 4.32 Å². The molecule has 4 aromatic carbocycles. The van der Waals surface area contributed by atoms with Crippen LogP contribution >= 0.6 is 24.0 Å². The number of amides is 1. The summed E-state index contributed by atoms with van der Waals surface area (Å²) in [6.07, 6.45) is 1.91. The molecular formula is C24H14FNOS2. The van der Waals surface area contributed by atoms with Crippen molar-refractivity contribution >= 4 is 67.5 Å². The predicted molar refractivity (Wildman–Crippen MR) is 124 cm³/mol. The van der Waals surface area contributed by atoms with Crippen molar-refractivity contribution in [2.45, 2.75) is 0 Å². The molecule has 0 N–H and O–H groups in total. The molecule has 2 nitrogen and oxygen atoms in total. The van der Waals surface area contributed by atoms with Gasteiger partial charge in [0, 0.05) is 0 Å². The average molecular weight is 416 g/mol. The van der Waals surface area contributed by atoms with E-state index in [9.17, 15) is 9.18 Å². The third kappa shape index (κ3) is 3.12. The Labute approximate surface area is 176 Å². The lowest BCUT2D eigenvalue weighted by atomic mass is 9.96. The highest BCUT2D eigenvalue weighted by Gasteiger charge is 2.33. The Kier molecular flexibility index (Phi) is 4.42. The van der Waals surface area contributed by atoms with Crippen LogP contribution in [0.5, 0.6) is 0 Å². The molecule has 0 atom stereocenters. The number of hydrogen-bond acceptors (Lipinski definition) is 3. The molecule has 140 valence electrons. The van der Waals surface area contributed by atoms with Gasteiger partial charge < -0.3 is 0 Å². The van der Waals surface area contributed by atoms with Crippen molar-refractivity contribution in [3.63, 3.8) is 0 Å². The molecule has 1 aliphatic rings. The van der Waals surface area contributed by atoms with Gasteiger partial charge in [-0.3, -0.25) is 9.69 Å². The minimum atomic E-state index is -0.402. The molecule has 5 rings (SSSR count). The van der Waals surface area contributed by atoms with E-state index in [1.54, 1.807) is 12.1 Å². The van der Waals surface area contributed by atoms with Gasteiger partial charge in [-0.25, -0.2) is 4.39 Å². The molecule has 0 spiro atoms. The van der Waals surface area contributed by atoms with Crippen LogP contribution in [0, 0.1) is 5.82 Å². The van der Waals surface area contributed by atoms with Gasteiger partial charge in [-0.2, -0.15) is 0 Å². The van der Waals surface area contributed by atoms with Gasteiger partial charge in [0.1, 0.15) is 5.82 Å². The highest BCUT2D eigenvalue weighted by atomic mass is 32.2. The first-order valence-electron chi connectivity index (χ1n) is 9.06. The maximum absolute atomic E-state index is 13.7. The van der Waals surface area contributed by atoms with Crippen molar-refractivity contribution in [3.05, 3.63) is 95.1 Å². The van der Waals surface area contributed by atoms with Crippen LogP contribution in [0.1, 0.15) is 5.56 Å². The number of nitrogens with zero attached hydrogens (tertiary/aromatic N) is 1. The predicted octanol–water partition coefficient (Wildman–Crippen LogP) is 6.54. The molecule has 1 fully saturated rings. The molecule has 1 aliphatic heterocycles. The van der Waals surface area contributed by atoms with E-state index in [-0.39, 0.29) is 5.91 Å². The number of hydrogen-bond donors (Lipinski definition) is 0. The van der Waals surface area contributed by atoms with Crippen LogP contribution in [-0.2, 0) is 4.79 Å². The van der Waals surface area contributed by atoms with Crippen molar-refractivity contribution in [2.24, 2.45) is 0 Å². The normalized spacial score (nSPS) is 15.8. The summed E-state index contributed by atoms with van der Waals surface area (Å²) < 4.78 is 14.1. The van der Waals surface area contributed by atoms with Crippen LogP contribution in [0.2, 0.25) is 0 Å². The number of carbonyl (C=O) groups is 1. The standard InChI is InChI=1S/C24H14FNOS2/c25-17-8-5-9-18(13-17)26-23(27)22(29-24(26)28)14-21-19-10-3-1-6-15(19)12-16-7-2-4-11-20(16)21/h1-14H/b22-14+. The van der Waals surface area contributed by atoms with E-state index in [2.05, 4.69) is 30.3 Å². The Balaban J connectivity index is 1.68. The fraction of sp³-hybridized carbons (Fsp3) is 0. The minimum absolute atomic E-state index is 0.234. The number of carbonyl (C=O) groups excluding carboxylic acids is 1. The highest BCUT2D eigenvalue weighted by Crippen LogP contribution is 2.38. The van der Waals surface area contributed by atoms with Crippen LogP contribution in [0.15, 0.2) is 83.8 Å². The topological polar surface area (TPSA) is 20.3 Å². The summed E-state index contributed by atoms with van der Waals surface area (Å²) >= 11 is 6.67. The van der Waals surface area contributed by atoms with Gasteiger partial charge >= 0.3 is 0 Å². The van der Waals surface area contributed by atoms with E-state index >= 15 is 0 Å². The fourth-order valence-corrected chi connectivity index (χ4v) is 4.92. The Morgan fingerprint density at radius 1 is 0.862 bits per heavy atom. The monoisotopic (exact) mass is 415 g/mol. The summed E-state index contributed by atoms with van der Waals surface area (Å²) in [4.78, 5) is 15.1. The van der Waals surface area contributed by atoms with Crippen LogP contribution in [0.25, 0.3) is 27.6 Å². The SMILES string of the molecule is O=C1/C(=C\c2c3ccccc3cc3ccccc23)SC(=S)N1c1cccc(F)c1. The average Bonchev–Trinajstić information content (AvgIpc) is 3.01. The van der Waals surface area contributed by atoms with Crippen molar-refractivity contribution in [1.29, 1.82) is 0 Å². The Morgan fingerprint density at radius 2 is 1.52 bits per heavy atom. The van der Waals surface area contributed by atoms with E-state index in [4.69, 9.17) is 12.2 Å². The van der Waals surface area contributed by atoms with Crippen molar-refractivity contribution in [2.75, 3.05) is 4.90 Å². The molecule has 0 unspecified atom stereocenters. The molecule has 1 saturated heterocycles. The third-order valence-electron chi connectivity index (χ3n) is 4.95. The lowest BCUT2D eigenvalue weighted by Crippen LogP contribution is -2.27. The van der Waals surface area contributed by atoms with Gasteiger partial charge in [-0.05, 0) is 57.4 Å². The Morgan fingerprint density at radius 3 is 2.17 bits per heavy atom. The van der Waals surface area contributed by atoms with Gasteiger partial charge in [-0.1, -0.05) is 78.6 Å². The summed E-state index contributed by atoms with van der Waals surface area (Å²) in [6.45, 7) is 0. The van der Waals surface area contributed by atoms with Gasteiger partial charge in [0.2, 0.25) is 0 Å². The molecule has 1 amide bonds. The lowest BCUT2D eigenvalue weighted by molar-refractivity contribution is -0.113. The maximum atomic E-state index is 13.7. The number of rotatable bonds is 2. The molecule has 0 saturated carbocycles. The zero-order valence-corrected chi connectivity index (χ0v) is 16.8. The van der Waals surface area contributed by atoms with Gasteiger partial charge in [0.25, 0.3) is 5.91 Å².